The minimum Gasteiger partial charge on any atom is -0.466 e. The first-order valence-electron chi connectivity index (χ1n) is 8.53. The molecule has 1 aromatic rings. The number of hydrogen-bond donors (Lipinski definition) is 1. The van der Waals surface area contributed by atoms with Crippen LogP contribution in [0.3, 0.4) is 0 Å². The van der Waals surface area contributed by atoms with Crippen LogP contribution >= 0.6 is 0 Å². The second-order valence-corrected chi connectivity index (χ2v) is 5.21. The zero-order valence-corrected chi connectivity index (χ0v) is 15.4. The van der Waals surface area contributed by atoms with Gasteiger partial charge in [0.25, 0.3) is 0 Å². The standard InChI is InChI=1S/C19H25NO6/c1-4-24-17(21)11-14-7-9-15(10-8-14)20-16(12-18(22)25-5-2)13-19(23)26-6-3/h7-10,12,20H,4-6,11,13H2,1-3H3/b16-12-. The van der Waals surface area contributed by atoms with Gasteiger partial charge in [-0.1, -0.05) is 12.1 Å². The maximum Gasteiger partial charge on any atom is 0.332 e. The summed E-state index contributed by atoms with van der Waals surface area (Å²) in [6.07, 6.45) is 1.33. The van der Waals surface area contributed by atoms with Crippen LogP contribution in [0.1, 0.15) is 32.8 Å². The third-order valence-electron chi connectivity index (χ3n) is 3.13. The van der Waals surface area contributed by atoms with E-state index in [9.17, 15) is 14.4 Å². The average molecular weight is 363 g/mol. The van der Waals surface area contributed by atoms with Crippen LogP contribution in [0.4, 0.5) is 5.69 Å². The Morgan fingerprint density at radius 2 is 1.46 bits per heavy atom. The van der Waals surface area contributed by atoms with Crippen molar-refractivity contribution in [3.05, 3.63) is 41.6 Å². The van der Waals surface area contributed by atoms with Crippen molar-refractivity contribution in [2.45, 2.75) is 33.6 Å². The normalized spacial score (nSPS) is 10.8. The lowest BCUT2D eigenvalue weighted by atomic mass is 10.1. The van der Waals surface area contributed by atoms with Crippen LogP contribution in [0.2, 0.25) is 0 Å². The molecule has 1 N–H and O–H groups in total. The fourth-order valence-electron chi connectivity index (χ4n) is 2.10. The fraction of sp³-hybridized carbons (Fsp3) is 0.421. The van der Waals surface area contributed by atoms with Crippen LogP contribution in [0.5, 0.6) is 0 Å². The van der Waals surface area contributed by atoms with Crippen LogP contribution in [0.25, 0.3) is 0 Å². The van der Waals surface area contributed by atoms with E-state index in [1.807, 2.05) is 0 Å². The summed E-state index contributed by atoms with van der Waals surface area (Å²) in [6, 6.07) is 7.04. The lowest BCUT2D eigenvalue weighted by molar-refractivity contribution is -0.143. The van der Waals surface area contributed by atoms with Gasteiger partial charge in [0.2, 0.25) is 0 Å². The zero-order chi connectivity index (χ0) is 19.4. The Hall–Kier alpha value is -2.83. The summed E-state index contributed by atoms with van der Waals surface area (Å²) >= 11 is 0. The van der Waals surface area contributed by atoms with E-state index in [2.05, 4.69) is 5.32 Å². The summed E-state index contributed by atoms with van der Waals surface area (Å²) in [6.45, 7) is 6.01. The Morgan fingerprint density at radius 3 is 2.04 bits per heavy atom. The molecule has 0 spiro atoms. The van der Waals surface area contributed by atoms with Crippen molar-refractivity contribution >= 4 is 23.6 Å². The van der Waals surface area contributed by atoms with Gasteiger partial charge in [-0.05, 0) is 38.5 Å². The molecule has 7 heteroatoms. The van der Waals surface area contributed by atoms with Gasteiger partial charge in [-0.3, -0.25) is 9.59 Å². The molecule has 0 aliphatic carbocycles. The molecule has 1 aromatic carbocycles. The Morgan fingerprint density at radius 1 is 0.885 bits per heavy atom. The van der Waals surface area contributed by atoms with Crippen LogP contribution < -0.4 is 5.32 Å². The number of benzene rings is 1. The van der Waals surface area contributed by atoms with Gasteiger partial charge in [0.15, 0.2) is 0 Å². The SMILES string of the molecule is CCOC(=O)/C=C(/CC(=O)OCC)Nc1ccc(CC(=O)OCC)cc1. The topological polar surface area (TPSA) is 90.9 Å². The summed E-state index contributed by atoms with van der Waals surface area (Å²) in [5, 5.41) is 3.01. The first-order valence-corrected chi connectivity index (χ1v) is 8.53. The van der Waals surface area contributed by atoms with Crippen LogP contribution in [-0.2, 0) is 35.0 Å². The molecule has 0 aromatic heterocycles. The Balaban J connectivity index is 2.81. The number of carbonyl (C=O) groups is 3. The van der Waals surface area contributed by atoms with Crippen LogP contribution in [-0.4, -0.2) is 37.7 Å². The smallest absolute Gasteiger partial charge is 0.332 e. The number of rotatable bonds is 10. The summed E-state index contributed by atoms with van der Waals surface area (Å²) in [7, 11) is 0. The molecular weight excluding hydrogens is 338 g/mol. The highest BCUT2D eigenvalue weighted by Gasteiger charge is 2.11. The molecule has 0 amide bonds. The molecular formula is C19H25NO6. The third kappa shape index (κ3) is 8.32. The van der Waals surface area contributed by atoms with Crippen molar-refractivity contribution in [3.63, 3.8) is 0 Å². The molecule has 1 rings (SSSR count). The molecule has 0 unspecified atom stereocenters. The monoisotopic (exact) mass is 363 g/mol. The number of anilines is 1. The lowest BCUT2D eigenvalue weighted by Gasteiger charge is -2.11. The van der Waals surface area contributed by atoms with Gasteiger partial charge in [-0.25, -0.2) is 4.79 Å². The molecule has 0 radical (unpaired) electrons. The highest BCUT2D eigenvalue weighted by atomic mass is 16.5. The quantitative estimate of drug-likeness (QED) is 0.388. The molecule has 0 aliphatic rings. The molecule has 142 valence electrons. The highest BCUT2D eigenvalue weighted by molar-refractivity contribution is 5.85. The van der Waals surface area contributed by atoms with Gasteiger partial charge in [0.1, 0.15) is 0 Å². The number of hydrogen-bond acceptors (Lipinski definition) is 7. The van der Waals surface area contributed by atoms with E-state index in [-0.39, 0.29) is 32.0 Å². The predicted molar refractivity (Wildman–Crippen MR) is 96.4 cm³/mol. The molecule has 0 fully saturated rings. The lowest BCUT2D eigenvalue weighted by Crippen LogP contribution is -2.12. The van der Waals surface area contributed by atoms with Gasteiger partial charge in [0, 0.05) is 17.5 Å². The Kier molecular flexibility index (Phi) is 9.53. The van der Waals surface area contributed by atoms with Gasteiger partial charge in [0.05, 0.1) is 32.7 Å². The van der Waals surface area contributed by atoms with Gasteiger partial charge in [-0.15, -0.1) is 0 Å². The summed E-state index contributed by atoms with van der Waals surface area (Å²) < 4.78 is 14.7. The van der Waals surface area contributed by atoms with E-state index in [1.54, 1.807) is 45.0 Å². The third-order valence-corrected chi connectivity index (χ3v) is 3.13. The van der Waals surface area contributed by atoms with E-state index < -0.39 is 11.9 Å². The maximum absolute atomic E-state index is 11.7. The van der Waals surface area contributed by atoms with Gasteiger partial charge >= 0.3 is 17.9 Å². The molecule has 0 heterocycles. The van der Waals surface area contributed by atoms with Crippen molar-refractivity contribution in [1.29, 1.82) is 0 Å². The first-order chi connectivity index (χ1) is 12.5. The molecule has 0 bridgehead atoms. The Bertz CT molecular complexity index is 636. The highest BCUT2D eigenvalue weighted by Crippen LogP contribution is 2.15. The molecule has 0 atom stereocenters. The minimum atomic E-state index is -0.543. The van der Waals surface area contributed by atoms with E-state index in [1.165, 1.54) is 6.08 Å². The van der Waals surface area contributed by atoms with Crippen molar-refractivity contribution in [3.8, 4) is 0 Å². The van der Waals surface area contributed by atoms with Crippen molar-refractivity contribution < 1.29 is 28.6 Å². The molecule has 7 nitrogen and oxygen atoms in total. The van der Waals surface area contributed by atoms with E-state index in [4.69, 9.17) is 14.2 Å². The number of esters is 3. The van der Waals surface area contributed by atoms with E-state index in [0.29, 0.717) is 18.0 Å². The van der Waals surface area contributed by atoms with E-state index in [0.717, 1.165) is 5.56 Å². The Labute approximate surface area is 153 Å². The summed E-state index contributed by atoms with van der Waals surface area (Å²) in [4.78, 5) is 34.9. The number of nitrogens with one attached hydrogen (secondary N) is 1. The van der Waals surface area contributed by atoms with E-state index >= 15 is 0 Å². The minimum absolute atomic E-state index is 0.0861. The molecule has 0 saturated carbocycles. The first kappa shape index (κ1) is 21.2. The largest absolute Gasteiger partial charge is 0.466 e. The average Bonchev–Trinajstić information content (AvgIpc) is 2.57. The maximum atomic E-state index is 11.7. The van der Waals surface area contributed by atoms with Gasteiger partial charge < -0.3 is 19.5 Å². The van der Waals surface area contributed by atoms with Crippen molar-refractivity contribution in [2.24, 2.45) is 0 Å². The van der Waals surface area contributed by atoms with Gasteiger partial charge in [-0.2, -0.15) is 0 Å². The molecule has 26 heavy (non-hydrogen) atoms. The number of carbonyl (C=O) groups excluding carboxylic acids is 3. The second-order valence-electron chi connectivity index (χ2n) is 5.21. The second kappa shape index (κ2) is 11.7. The molecule has 0 saturated heterocycles. The predicted octanol–water partition coefficient (Wildman–Crippen LogP) is 2.60. The van der Waals surface area contributed by atoms with Crippen molar-refractivity contribution in [1.82, 2.24) is 0 Å². The van der Waals surface area contributed by atoms with Crippen LogP contribution in [0.15, 0.2) is 36.0 Å². The fourth-order valence-corrected chi connectivity index (χ4v) is 2.10. The van der Waals surface area contributed by atoms with Crippen LogP contribution in [0, 0.1) is 0 Å². The zero-order valence-electron chi connectivity index (χ0n) is 15.4. The number of ether oxygens (including phenoxy) is 3. The van der Waals surface area contributed by atoms with Crippen molar-refractivity contribution in [2.75, 3.05) is 25.1 Å². The summed E-state index contributed by atoms with van der Waals surface area (Å²) in [5.74, 6) is -1.29. The molecule has 0 aliphatic heterocycles. The summed E-state index contributed by atoms with van der Waals surface area (Å²) in [5.41, 5.74) is 1.83.